The summed E-state index contributed by atoms with van der Waals surface area (Å²) < 4.78 is 0. The molecule has 0 saturated heterocycles. The van der Waals surface area contributed by atoms with Crippen molar-refractivity contribution in [1.29, 1.82) is 0 Å². The molecule has 0 spiro atoms. The molecule has 0 aromatic rings. The Morgan fingerprint density at radius 3 is 2.33 bits per heavy atom. The summed E-state index contributed by atoms with van der Waals surface area (Å²) in [7, 11) is 0. The summed E-state index contributed by atoms with van der Waals surface area (Å²) in [5.74, 6) is 5.55. The van der Waals surface area contributed by atoms with E-state index in [2.05, 4.69) is 11.8 Å². The van der Waals surface area contributed by atoms with Crippen LogP contribution >= 0.6 is 0 Å². The van der Waals surface area contributed by atoms with E-state index in [0.29, 0.717) is 6.42 Å². The maximum Gasteiger partial charge on any atom is 0.0123 e. The van der Waals surface area contributed by atoms with E-state index < -0.39 is 0 Å². The van der Waals surface area contributed by atoms with Gasteiger partial charge in [0.05, 0.1) is 0 Å². The molecule has 0 nitrogen and oxygen atoms in total. The molecule has 0 amide bonds. The molecule has 0 saturated carbocycles. The molecule has 0 fully saturated rings. The van der Waals surface area contributed by atoms with Crippen molar-refractivity contribution in [3.8, 4) is 11.8 Å². The molecule has 0 heteroatoms. The first-order valence-electron chi connectivity index (χ1n) is 2.07. The standard InChI is InChI=1S/C6H8/c1-3-5-6-4-2/h1H,3-4H2,2H3. The van der Waals surface area contributed by atoms with Crippen LogP contribution in [0.1, 0.15) is 19.8 Å². The minimum atomic E-state index is 0.494. The molecule has 2 radical (unpaired) electrons. The van der Waals surface area contributed by atoms with Crippen LogP contribution in [0.4, 0.5) is 0 Å². The zero-order chi connectivity index (χ0) is 4.83. The van der Waals surface area contributed by atoms with E-state index in [1.807, 2.05) is 6.92 Å². The fourth-order valence-corrected chi connectivity index (χ4v) is 0.197. The summed E-state index contributed by atoms with van der Waals surface area (Å²) in [4.78, 5) is 0. The highest BCUT2D eigenvalue weighted by Gasteiger charge is 1.56. The van der Waals surface area contributed by atoms with E-state index in [0.717, 1.165) is 6.42 Å². The van der Waals surface area contributed by atoms with Crippen LogP contribution in [0.25, 0.3) is 0 Å². The van der Waals surface area contributed by atoms with Crippen LogP contribution in [0.15, 0.2) is 0 Å². The lowest BCUT2D eigenvalue weighted by Gasteiger charge is -1.65. The fourth-order valence-electron chi connectivity index (χ4n) is 0.197. The topological polar surface area (TPSA) is 0 Å². The SMILES string of the molecule is [CH]CC#CCC. The van der Waals surface area contributed by atoms with Crippen molar-refractivity contribution in [1.82, 2.24) is 0 Å². The van der Waals surface area contributed by atoms with E-state index in [9.17, 15) is 0 Å². The van der Waals surface area contributed by atoms with Crippen LogP contribution in [0.2, 0.25) is 0 Å². The molecule has 0 atom stereocenters. The van der Waals surface area contributed by atoms with Gasteiger partial charge in [0, 0.05) is 12.8 Å². The lowest BCUT2D eigenvalue weighted by molar-refractivity contribution is 1.27. The highest BCUT2D eigenvalue weighted by atomic mass is 13.6. The van der Waals surface area contributed by atoms with Crippen molar-refractivity contribution in [3.05, 3.63) is 6.92 Å². The van der Waals surface area contributed by atoms with E-state index in [1.165, 1.54) is 0 Å². The van der Waals surface area contributed by atoms with Crippen LogP contribution in [0.5, 0.6) is 0 Å². The van der Waals surface area contributed by atoms with Crippen molar-refractivity contribution in [2.45, 2.75) is 19.8 Å². The van der Waals surface area contributed by atoms with Gasteiger partial charge in [-0.25, -0.2) is 0 Å². The summed E-state index contributed by atoms with van der Waals surface area (Å²) in [6.07, 6.45) is 1.41. The predicted octanol–water partition coefficient (Wildman–Crippen LogP) is 1.50. The molecule has 0 rings (SSSR count). The summed E-state index contributed by atoms with van der Waals surface area (Å²) in [5.41, 5.74) is 0. The molecule has 0 aromatic carbocycles. The number of hydrogen-bond donors (Lipinski definition) is 0. The van der Waals surface area contributed by atoms with E-state index in [-0.39, 0.29) is 0 Å². The molecule has 0 heterocycles. The van der Waals surface area contributed by atoms with Crippen molar-refractivity contribution in [2.75, 3.05) is 0 Å². The molecule has 0 aliphatic rings. The Bertz CT molecular complexity index is 53.8. The van der Waals surface area contributed by atoms with Gasteiger partial charge in [-0.1, -0.05) is 6.92 Å². The largest absolute Gasteiger partial charge is 0.104 e. The van der Waals surface area contributed by atoms with Crippen LogP contribution in [-0.2, 0) is 0 Å². The van der Waals surface area contributed by atoms with Gasteiger partial charge in [-0.15, -0.1) is 11.8 Å². The average Bonchev–Trinajstić information content (AvgIpc) is 1.61. The minimum Gasteiger partial charge on any atom is -0.104 e. The highest BCUT2D eigenvalue weighted by molar-refractivity contribution is 4.97. The molecular formula is C6H8. The zero-order valence-corrected chi connectivity index (χ0v) is 3.99. The zero-order valence-electron chi connectivity index (χ0n) is 3.99. The second kappa shape index (κ2) is 4.56. The first kappa shape index (κ1) is 5.56. The van der Waals surface area contributed by atoms with Gasteiger partial charge in [-0.05, 0) is 6.92 Å². The van der Waals surface area contributed by atoms with E-state index in [1.54, 1.807) is 0 Å². The normalized spacial score (nSPS) is 6.33. The fraction of sp³-hybridized carbons (Fsp3) is 0.500. The predicted molar refractivity (Wildman–Crippen MR) is 27.0 cm³/mol. The minimum absolute atomic E-state index is 0.494. The van der Waals surface area contributed by atoms with Gasteiger partial charge in [-0.2, -0.15) is 0 Å². The average molecular weight is 80.1 g/mol. The summed E-state index contributed by atoms with van der Waals surface area (Å²) >= 11 is 0. The molecule has 0 aromatic heterocycles. The van der Waals surface area contributed by atoms with Crippen molar-refractivity contribution < 1.29 is 0 Å². The molecule has 0 N–H and O–H groups in total. The number of rotatable bonds is 0. The van der Waals surface area contributed by atoms with Crippen molar-refractivity contribution in [3.63, 3.8) is 0 Å². The van der Waals surface area contributed by atoms with Gasteiger partial charge in [-0.3, -0.25) is 0 Å². The van der Waals surface area contributed by atoms with Gasteiger partial charge in [0.2, 0.25) is 0 Å². The smallest absolute Gasteiger partial charge is 0.0123 e. The monoisotopic (exact) mass is 80.1 g/mol. The van der Waals surface area contributed by atoms with Gasteiger partial charge in [0.15, 0.2) is 0 Å². The van der Waals surface area contributed by atoms with Crippen LogP contribution in [0.3, 0.4) is 0 Å². The Morgan fingerprint density at radius 2 is 2.17 bits per heavy atom. The van der Waals surface area contributed by atoms with Crippen LogP contribution < -0.4 is 0 Å². The van der Waals surface area contributed by atoms with Gasteiger partial charge >= 0.3 is 0 Å². The Labute approximate surface area is 39.6 Å². The highest BCUT2D eigenvalue weighted by Crippen LogP contribution is 1.69. The summed E-state index contributed by atoms with van der Waals surface area (Å²) in [5, 5.41) is 0. The second-order valence-corrected chi connectivity index (χ2v) is 0.911. The Hall–Kier alpha value is -0.440. The molecule has 32 valence electrons. The third-order valence-corrected chi connectivity index (χ3v) is 0.404. The van der Waals surface area contributed by atoms with Crippen molar-refractivity contribution in [2.24, 2.45) is 0 Å². The Kier molecular flexibility index (Phi) is 4.23. The Balaban J connectivity index is 2.90. The van der Waals surface area contributed by atoms with Crippen LogP contribution in [0, 0.1) is 18.8 Å². The molecule has 0 unspecified atom stereocenters. The lowest BCUT2D eigenvalue weighted by Crippen LogP contribution is -1.52. The van der Waals surface area contributed by atoms with Crippen molar-refractivity contribution >= 4 is 0 Å². The number of hydrogen-bond acceptors (Lipinski definition) is 0. The third-order valence-electron chi connectivity index (χ3n) is 0.404. The van der Waals surface area contributed by atoms with E-state index in [4.69, 9.17) is 6.92 Å². The van der Waals surface area contributed by atoms with Gasteiger partial charge in [0.1, 0.15) is 0 Å². The molecule has 0 aliphatic carbocycles. The quantitative estimate of drug-likeness (QED) is 0.387. The molecule has 6 heavy (non-hydrogen) atoms. The van der Waals surface area contributed by atoms with Gasteiger partial charge in [0.25, 0.3) is 0 Å². The third kappa shape index (κ3) is 3.56. The summed E-state index contributed by atoms with van der Waals surface area (Å²) in [6.45, 7) is 7.04. The maximum absolute atomic E-state index is 5.04. The molecule has 0 aliphatic heterocycles. The van der Waals surface area contributed by atoms with Gasteiger partial charge < -0.3 is 0 Å². The molecular weight excluding hydrogens is 72.1 g/mol. The van der Waals surface area contributed by atoms with Crippen LogP contribution in [-0.4, -0.2) is 0 Å². The summed E-state index contributed by atoms with van der Waals surface area (Å²) in [6, 6.07) is 0. The van der Waals surface area contributed by atoms with E-state index >= 15 is 0 Å². The second-order valence-electron chi connectivity index (χ2n) is 0.911. The lowest BCUT2D eigenvalue weighted by atomic mass is 10.4. The first-order valence-corrected chi connectivity index (χ1v) is 2.07. The first-order chi connectivity index (χ1) is 2.91. The molecule has 0 bridgehead atoms. The maximum atomic E-state index is 5.04. The Morgan fingerprint density at radius 1 is 1.50 bits per heavy atom.